The summed E-state index contributed by atoms with van der Waals surface area (Å²) in [5.74, 6) is 0. The van der Waals surface area contributed by atoms with Crippen LogP contribution in [0, 0.1) is 11.8 Å². The number of likely N-dealkylation sites (tertiary alicyclic amines) is 1. The van der Waals surface area contributed by atoms with E-state index in [2.05, 4.69) is 18.4 Å². The highest BCUT2D eigenvalue weighted by atomic mass is 15.1. The van der Waals surface area contributed by atoms with Gasteiger partial charge < -0.3 is 4.90 Å². The highest BCUT2D eigenvalue weighted by molar-refractivity contribution is 4.64. The smallest absolute Gasteiger partial charge is 0.0462 e. The molecule has 0 N–H and O–H groups in total. The third-order valence-corrected chi connectivity index (χ3v) is 2.03. The summed E-state index contributed by atoms with van der Waals surface area (Å²) in [5, 5.41) is 6.50. The number of nitrogens with zero attached hydrogens (tertiary/aromatic N) is 2. The fraction of sp³-hybridized carbons (Fsp3) is 0.889. The van der Waals surface area contributed by atoms with Crippen LogP contribution in [0.1, 0.15) is 32.6 Å². The molecule has 2 heteroatoms. The van der Waals surface area contributed by atoms with E-state index in [4.69, 9.17) is 5.26 Å². The Morgan fingerprint density at radius 2 is 1.82 bits per heavy atom. The minimum atomic E-state index is 1.34. The number of nitriles is 1. The Hall–Kier alpha value is -0.550. The van der Waals surface area contributed by atoms with E-state index in [1.54, 1.807) is 0 Å². The Morgan fingerprint density at radius 1 is 1.27 bits per heavy atom. The van der Waals surface area contributed by atoms with Crippen LogP contribution in [0.15, 0.2) is 0 Å². The Labute approximate surface area is 69.8 Å². The summed E-state index contributed by atoms with van der Waals surface area (Å²) in [6.07, 6.45) is 5.60. The Bertz CT molecular complexity index is 93.0. The van der Waals surface area contributed by atoms with Crippen LogP contribution in [0.4, 0.5) is 0 Å². The molecule has 0 aromatic carbocycles. The molecule has 2 nitrogen and oxygen atoms in total. The zero-order valence-corrected chi connectivity index (χ0v) is 7.42. The Balaban J connectivity index is 0.000000461. The minimum absolute atomic E-state index is 1.34. The van der Waals surface area contributed by atoms with E-state index in [1.165, 1.54) is 45.3 Å². The van der Waals surface area contributed by atoms with Crippen molar-refractivity contribution in [2.45, 2.75) is 32.6 Å². The van der Waals surface area contributed by atoms with Gasteiger partial charge in [-0.1, -0.05) is 13.3 Å². The molecule has 0 saturated carbocycles. The van der Waals surface area contributed by atoms with Crippen molar-refractivity contribution in [2.75, 3.05) is 19.6 Å². The monoisotopic (exact) mass is 154 g/mol. The van der Waals surface area contributed by atoms with Gasteiger partial charge in [0.15, 0.2) is 0 Å². The molecule has 1 heterocycles. The van der Waals surface area contributed by atoms with E-state index in [1.807, 2.05) is 0 Å². The lowest BCUT2D eigenvalue weighted by molar-refractivity contribution is 0.332. The summed E-state index contributed by atoms with van der Waals surface area (Å²) in [4.78, 5) is 2.57. The molecule has 1 aliphatic rings. The average molecular weight is 154 g/mol. The van der Waals surface area contributed by atoms with Gasteiger partial charge in [0, 0.05) is 6.57 Å². The first-order valence-electron chi connectivity index (χ1n) is 4.41. The topological polar surface area (TPSA) is 27.0 Å². The molecule has 0 spiro atoms. The highest BCUT2D eigenvalue weighted by Gasteiger charge is 2.08. The predicted molar refractivity (Wildman–Crippen MR) is 47.3 cm³/mol. The molecule has 0 aromatic rings. The normalized spacial score (nSPS) is 17.4. The largest absolute Gasteiger partial charge is 0.303 e. The third kappa shape index (κ3) is 4.80. The van der Waals surface area contributed by atoms with Gasteiger partial charge in [-0.25, -0.2) is 5.26 Å². The summed E-state index contributed by atoms with van der Waals surface area (Å²) in [6.45, 7) is 9.83. The molecule has 0 amide bonds. The second kappa shape index (κ2) is 7.56. The van der Waals surface area contributed by atoms with E-state index in [0.717, 1.165) is 0 Å². The van der Waals surface area contributed by atoms with Crippen molar-refractivity contribution in [1.29, 1.82) is 5.26 Å². The molecule has 0 aliphatic carbocycles. The molecule has 0 bridgehead atoms. The molecule has 1 rings (SSSR count). The maximum Gasteiger partial charge on any atom is 0.0462 e. The number of hydrogen-bond acceptors (Lipinski definition) is 2. The van der Waals surface area contributed by atoms with E-state index < -0.39 is 0 Å². The SMILES string of the molecule is C#N.CCCCN1CCCC1. The summed E-state index contributed by atoms with van der Waals surface area (Å²) < 4.78 is 0. The second-order valence-corrected chi connectivity index (χ2v) is 2.90. The quantitative estimate of drug-likeness (QED) is 0.622. The average Bonchev–Trinajstić information content (AvgIpc) is 2.57. The molecule has 0 unspecified atom stereocenters. The summed E-state index contributed by atoms with van der Waals surface area (Å²) in [6, 6.07) is 0. The van der Waals surface area contributed by atoms with Crippen LogP contribution in [-0.4, -0.2) is 24.5 Å². The molecular weight excluding hydrogens is 136 g/mol. The van der Waals surface area contributed by atoms with Crippen LogP contribution in [-0.2, 0) is 0 Å². The Kier molecular flexibility index (Phi) is 7.18. The Morgan fingerprint density at radius 3 is 2.27 bits per heavy atom. The summed E-state index contributed by atoms with van der Waals surface area (Å²) in [5.41, 5.74) is 0. The van der Waals surface area contributed by atoms with Gasteiger partial charge in [-0.15, -0.1) is 0 Å². The molecule has 64 valence electrons. The van der Waals surface area contributed by atoms with Crippen LogP contribution in [0.5, 0.6) is 0 Å². The van der Waals surface area contributed by atoms with E-state index in [0.29, 0.717) is 0 Å². The van der Waals surface area contributed by atoms with Crippen LogP contribution < -0.4 is 0 Å². The van der Waals surface area contributed by atoms with Crippen molar-refractivity contribution < 1.29 is 0 Å². The lowest BCUT2D eigenvalue weighted by Gasteiger charge is -2.12. The maximum absolute atomic E-state index is 6.50. The van der Waals surface area contributed by atoms with Gasteiger partial charge in [-0.3, -0.25) is 0 Å². The van der Waals surface area contributed by atoms with Crippen LogP contribution in [0.25, 0.3) is 0 Å². The maximum atomic E-state index is 6.50. The van der Waals surface area contributed by atoms with Gasteiger partial charge in [-0.2, -0.15) is 0 Å². The number of hydrogen-bond donors (Lipinski definition) is 0. The van der Waals surface area contributed by atoms with Crippen LogP contribution in [0.2, 0.25) is 0 Å². The van der Waals surface area contributed by atoms with Crippen molar-refractivity contribution in [3.8, 4) is 6.57 Å². The van der Waals surface area contributed by atoms with Gasteiger partial charge >= 0.3 is 0 Å². The summed E-state index contributed by atoms with van der Waals surface area (Å²) >= 11 is 0. The molecule has 0 radical (unpaired) electrons. The standard InChI is InChI=1S/C8H17N.CHN/c1-2-3-6-9-7-4-5-8-9;1-2/h2-8H2,1H3;1H. The fourth-order valence-electron chi connectivity index (χ4n) is 1.39. The second-order valence-electron chi connectivity index (χ2n) is 2.90. The summed E-state index contributed by atoms with van der Waals surface area (Å²) in [7, 11) is 0. The molecule has 1 fully saturated rings. The number of unbranched alkanes of at least 4 members (excludes halogenated alkanes) is 1. The van der Waals surface area contributed by atoms with Gasteiger partial charge in [0.05, 0.1) is 0 Å². The number of rotatable bonds is 3. The molecule has 1 aliphatic heterocycles. The van der Waals surface area contributed by atoms with Crippen LogP contribution >= 0.6 is 0 Å². The van der Waals surface area contributed by atoms with Crippen molar-refractivity contribution in [1.82, 2.24) is 4.90 Å². The van der Waals surface area contributed by atoms with Crippen molar-refractivity contribution in [2.24, 2.45) is 0 Å². The first-order valence-corrected chi connectivity index (χ1v) is 4.41. The van der Waals surface area contributed by atoms with Crippen LogP contribution in [0.3, 0.4) is 0 Å². The zero-order chi connectivity index (χ0) is 8.53. The third-order valence-electron chi connectivity index (χ3n) is 2.03. The first kappa shape index (κ1) is 10.4. The molecule has 1 saturated heterocycles. The highest BCUT2D eigenvalue weighted by Crippen LogP contribution is 2.07. The lowest BCUT2D eigenvalue weighted by Crippen LogP contribution is -2.19. The first-order chi connectivity index (χ1) is 5.43. The lowest BCUT2D eigenvalue weighted by atomic mass is 10.3. The minimum Gasteiger partial charge on any atom is -0.303 e. The van der Waals surface area contributed by atoms with Crippen molar-refractivity contribution in [3.63, 3.8) is 0 Å². The molecule has 0 aromatic heterocycles. The zero-order valence-electron chi connectivity index (χ0n) is 7.42. The molecule has 0 atom stereocenters. The fourth-order valence-corrected chi connectivity index (χ4v) is 1.39. The van der Waals surface area contributed by atoms with Gasteiger partial charge in [-0.05, 0) is 38.9 Å². The van der Waals surface area contributed by atoms with Gasteiger partial charge in [0.25, 0.3) is 0 Å². The van der Waals surface area contributed by atoms with E-state index >= 15 is 0 Å². The molecule has 11 heavy (non-hydrogen) atoms. The predicted octanol–water partition coefficient (Wildman–Crippen LogP) is 2.02. The van der Waals surface area contributed by atoms with Gasteiger partial charge in [0.2, 0.25) is 0 Å². The van der Waals surface area contributed by atoms with Crippen molar-refractivity contribution >= 4 is 0 Å². The van der Waals surface area contributed by atoms with E-state index in [-0.39, 0.29) is 0 Å². The molecular formula is C9H18N2. The van der Waals surface area contributed by atoms with Crippen molar-refractivity contribution in [3.05, 3.63) is 0 Å². The van der Waals surface area contributed by atoms with E-state index in [9.17, 15) is 0 Å². The van der Waals surface area contributed by atoms with Gasteiger partial charge in [0.1, 0.15) is 0 Å².